The molecular weight excluding hydrogens is 224 g/mol. The SMILES string of the molecule is CN(C)CCCc1cccc(N2CCOCC2)c1. The van der Waals surface area contributed by atoms with Gasteiger partial charge in [-0.25, -0.2) is 0 Å². The van der Waals surface area contributed by atoms with Gasteiger partial charge >= 0.3 is 0 Å². The molecule has 2 rings (SSSR count). The molecule has 0 bridgehead atoms. The molecule has 0 aliphatic carbocycles. The molecule has 3 heteroatoms. The number of hydrogen-bond donors (Lipinski definition) is 0. The summed E-state index contributed by atoms with van der Waals surface area (Å²) < 4.78 is 5.40. The van der Waals surface area contributed by atoms with Crippen LogP contribution in [0, 0.1) is 0 Å². The number of anilines is 1. The molecule has 0 spiro atoms. The van der Waals surface area contributed by atoms with E-state index >= 15 is 0 Å². The average Bonchev–Trinajstić information content (AvgIpc) is 2.40. The Morgan fingerprint density at radius 3 is 2.72 bits per heavy atom. The van der Waals surface area contributed by atoms with Gasteiger partial charge in [0.05, 0.1) is 13.2 Å². The van der Waals surface area contributed by atoms with Crippen molar-refractivity contribution in [1.29, 1.82) is 0 Å². The van der Waals surface area contributed by atoms with Crippen LogP contribution >= 0.6 is 0 Å². The van der Waals surface area contributed by atoms with Crippen LogP contribution in [-0.2, 0) is 11.2 Å². The highest BCUT2D eigenvalue weighted by Crippen LogP contribution is 2.18. The van der Waals surface area contributed by atoms with Crippen molar-refractivity contribution in [3.05, 3.63) is 29.8 Å². The van der Waals surface area contributed by atoms with Crippen LogP contribution in [0.5, 0.6) is 0 Å². The van der Waals surface area contributed by atoms with Gasteiger partial charge in [0.2, 0.25) is 0 Å². The Bertz CT molecular complexity index is 359. The molecular formula is C15H24N2O. The largest absolute Gasteiger partial charge is 0.378 e. The van der Waals surface area contributed by atoms with Gasteiger partial charge in [0.25, 0.3) is 0 Å². The lowest BCUT2D eigenvalue weighted by Crippen LogP contribution is -2.36. The van der Waals surface area contributed by atoms with Gasteiger partial charge < -0.3 is 14.5 Å². The van der Waals surface area contributed by atoms with Crippen molar-refractivity contribution in [3.63, 3.8) is 0 Å². The summed E-state index contributed by atoms with van der Waals surface area (Å²) in [5, 5.41) is 0. The summed E-state index contributed by atoms with van der Waals surface area (Å²) in [5.41, 5.74) is 2.79. The van der Waals surface area contributed by atoms with Crippen LogP contribution in [-0.4, -0.2) is 51.8 Å². The average molecular weight is 248 g/mol. The van der Waals surface area contributed by atoms with Gasteiger partial charge in [-0.15, -0.1) is 0 Å². The summed E-state index contributed by atoms with van der Waals surface area (Å²) in [7, 11) is 4.26. The van der Waals surface area contributed by atoms with Crippen molar-refractivity contribution in [1.82, 2.24) is 4.90 Å². The molecule has 1 aliphatic rings. The normalized spacial score (nSPS) is 16.3. The molecule has 18 heavy (non-hydrogen) atoms. The molecule has 1 aliphatic heterocycles. The van der Waals surface area contributed by atoms with Crippen molar-refractivity contribution in [2.75, 3.05) is 51.8 Å². The summed E-state index contributed by atoms with van der Waals surface area (Å²) >= 11 is 0. The molecule has 0 atom stereocenters. The zero-order valence-corrected chi connectivity index (χ0v) is 11.6. The third-order valence-electron chi connectivity index (χ3n) is 3.36. The minimum absolute atomic E-state index is 0.852. The van der Waals surface area contributed by atoms with E-state index in [2.05, 4.69) is 48.2 Å². The molecule has 0 N–H and O–H groups in total. The second-order valence-corrected chi connectivity index (χ2v) is 5.18. The molecule has 0 amide bonds. The van der Waals surface area contributed by atoms with Crippen LogP contribution in [0.15, 0.2) is 24.3 Å². The van der Waals surface area contributed by atoms with Crippen LogP contribution in [0.25, 0.3) is 0 Å². The number of ether oxygens (including phenoxy) is 1. The second kappa shape index (κ2) is 6.76. The van der Waals surface area contributed by atoms with Crippen LogP contribution in [0.2, 0.25) is 0 Å². The number of nitrogens with zero attached hydrogens (tertiary/aromatic N) is 2. The maximum absolute atomic E-state index is 5.40. The molecule has 1 saturated heterocycles. The van der Waals surface area contributed by atoms with Crippen LogP contribution < -0.4 is 4.90 Å². The van der Waals surface area contributed by atoms with Gasteiger partial charge in [-0.1, -0.05) is 12.1 Å². The first-order valence-electron chi connectivity index (χ1n) is 6.82. The van der Waals surface area contributed by atoms with Gasteiger partial charge in [0.1, 0.15) is 0 Å². The lowest BCUT2D eigenvalue weighted by Gasteiger charge is -2.29. The van der Waals surface area contributed by atoms with E-state index in [1.165, 1.54) is 17.7 Å². The molecule has 3 nitrogen and oxygen atoms in total. The van der Waals surface area contributed by atoms with Gasteiger partial charge in [0.15, 0.2) is 0 Å². The Hall–Kier alpha value is -1.06. The Morgan fingerprint density at radius 1 is 1.22 bits per heavy atom. The molecule has 1 heterocycles. The van der Waals surface area contributed by atoms with Crippen molar-refractivity contribution in [2.24, 2.45) is 0 Å². The van der Waals surface area contributed by atoms with E-state index < -0.39 is 0 Å². The lowest BCUT2D eigenvalue weighted by atomic mass is 10.1. The first-order chi connectivity index (χ1) is 8.75. The maximum atomic E-state index is 5.40. The summed E-state index contributed by atoms with van der Waals surface area (Å²) in [6, 6.07) is 8.96. The fourth-order valence-corrected chi connectivity index (χ4v) is 2.33. The van der Waals surface area contributed by atoms with Crippen molar-refractivity contribution < 1.29 is 4.74 Å². The maximum Gasteiger partial charge on any atom is 0.0642 e. The zero-order chi connectivity index (χ0) is 12.8. The number of morpholine rings is 1. The predicted octanol–water partition coefficient (Wildman–Crippen LogP) is 2.02. The van der Waals surface area contributed by atoms with E-state index in [9.17, 15) is 0 Å². The van der Waals surface area contributed by atoms with Gasteiger partial charge in [-0.3, -0.25) is 0 Å². The highest BCUT2D eigenvalue weighted by atomic mass is 16.5. The number of hydrogen-bond acceptors (Lipinski definition) is 3. The van der Waals surface area contributed by atoms with Gasteiger partial charge in [-0.05, 0) is 51.2 Å². The summed E-state index contributed by atoms with van der Waals surface area (Å²) in [4.78, 5) is 4.66. The van der Waals surface area contributed by atoms with E-state index in [4.69, 9.17) is 4.74 Å². The highest BCUT2D eigenvalue weighted by Gasteiger charge is 2.11. The number of rotatable bonds is 5. The van der Waals surface area contributed by atoms with Gasteiger partial charge in [-0.2, -0.15) is 0 Å². The minimum Gasteiger partial charge on any atom is -0.378 e. The van der Waals surface area contributed by atoms with E-state index in [0.29, 0.717) is 0 Å². The first kappa shape index (κ1) is 13.4. The molecule has 100 valence electrons. The quantitative estimate of drug-likeness (QED) is 0.793. The smallest absolute Gasteiger partial charge is 0.0642 e. The van der Waals surface area contributed by atoms with E-state index in [-0.39, 0.29) is 0 Å². The Balaban J connectivity index is 1.91. The first-order valence-corrected chi connectivity index (χ1v) is 6.82. The van der Waals surface area contributed by atoms with Gasteiger partial charge in [0, 0.05) is 18.8 Å². The predicted molar refractivity (Wildman–Crippen MR) is 76.3 cm³/mol. The fraction of sp³-hybridized carbons (Fsp3) is 0.600. The van der Waals surface area contributed by atoms with E-state index in [1.807, 2.05) is 0 Å². The number of benzene rings is 1. The third-order valence-corrected chi connectivity index (χ3v) is 3.36. The van der Waals surface area contributed by atoms with Crippen molar-refractivity contribution in [3.8, 4) is 0 Å². The Kier molecular flexibility index (Phi) is 5.02. The molecule has 1 aromatic carbocycles. The van der Waals surface area contributed by atoms with E-state index in [0.717, 1.165) is 39.3 Å². The minimum atomic E-state index is 0.852. The summed E-state index contributed by atoms with van der Waals surface area (Å²) in [5.74, 6) is 0. The molecule has 1 fully saturated rings. The number of aryl methyl sites for hydroxylation is 1. The fourth-order valence-electron chi connectivity index (χ4n) is 2.33. The zero-order valence-electron chi connectivity index (χ0n) is 11.6. The molecule has 1 aromatic rings. The van der Waals surface area contributed by atoms with Crippen LogP contribution in [0.3, 0.4) is 0 Å². The molecule has 0 aromatic heterocycles. The standard InChI is InChI=1S/C15H24N2O/c1-16(2)8-4-6-14-5-3-7-15(13-14)17-9-11-18-12-10-17/h3,5,7,13H,4,6,8-12H2,1-2H3. The Morgan fingerprint density at radius 2 is 2.00 bits per heavy atom. The second-order valence-electron chi connectivity index (χ2n) is 5.18. The monoisotopic (exact) mass is 248 g/mol. The molecule has 0 saturated carbocycles. The third kappa shape index (κ3) is 4.00. The summed E-state index contributed by atoms with van der Waals surface area (Å²) in [6.07, 6.45) is 2.38. The van der Waals surface area contributed by atoms with Crippen molar-refractivity contribution in [2.45, 2.75) is 12.8 Å². The van der Waals surface area contributed by atoms with Crippen LogP contribution in [0.4, 0.5) is 5.69 Å². The molecule has 0 unspecified atom stereocenters. The highest BCUT2D eigenvalue weighted by molar-refractivity contribution is 5.48. The Labute approximate surface area is 110 Å². The lowest BCUT2D eigenvalue weighted by molar-refractivity contribution is 0.122. The van der Waals surface area contributed by atoms with Crippen LogP contribution in [0.1, 0.15) is 12.0 Å². The van der Waals surface area contributed by atoms with Crippen molar-refractivity contribution >= 4 is 5.69 Å². The topological polar surface area (TPSA) is 15.7 Å². The molecule has 0 radical (unpaired) electrons. The summed E-state index contributed by atoms with van der Waals surface area (Å²) in [6.45, 7) is 4.89. The van der Waals surface area contributed by atoms with E-state index in [1.54, 1.807) is 0 Å².